The summed E-state index contributed by atoms with van der Waals surface area (Å²) in [6.07, 6.45) is 4.41. The van der Waals surface area contributed by atoms with Gasteiger partial charge in [-0.25, -0.2) is 0 Å². The summed E-state index contributed by atoms with van der Waals surface area (Å²) in [5, 5.41) is 3.24. The van der Waals surface area contributed by atoms with Crippen LogP contribution in [0.2, 0.25) is 0 Å². The minimum absolute atomic E-state index is 0.0156. The van der Waals surface area contributed by atoms with Crippen LogP contribution < -0.4 is 10.1 Å². The number of fused-ring (bicyclic) bond motifs is 1. The number of hydrogen-bond donors (Lipinski definition) is 1. The minimum atomic E-state index is -0.762. The van der Waals surface area contributed by atoms with Crippen LogP contribution in [0.4, 0.5) is 0 Å². The van der Waals surface area contributed by atoms with Gasteiger partial charge in [-0.2, -0.15) is 0 Å². The van der Waals surface area contributed by atoms with E-state index < -0.39 is 5.60 Å². The number of aryl methyl sites for hydroxylation is 1. The first-order valence-corrected chi connectivity index (χ1v) is 9.27. The number of ether oxygens (including phenoxy) is 3. The molecule has 0 unspecified atom stereocenters. The van der Waals surface area contributed by atoms with E-state index in [-0.39, 0.29) is 18.1 Å². The number of carbonyl (C=O) groups excluding carboxylic acids is 1. The standard InChI is InChI=1S/C20H29NO4/c1-14(2)25-16-8-7-15-5-4-6-18(17(15)13-16)21-19(22)20(23-3)9-11-24-12-10-20/h7-8,13-14,18H,4-6,9-12H2,1-3H3,(H,21,22)/t18-/m1/s1. The molecule has 1 aromatic carbocycles. The molecule has 0 radical (unpaired) electrons. The number of amides is 1. The first-order chi connectivity index (χ1) is 12.0. The summed E-state index contributed by atoms with van der Waals surface area (Å²) in [5.74, 6) is 0.841. The Hall–Kier alpha value is -1.59. The molecule has 1 N–H and O–H groups in total. The van der Waals surface area contributed by atoms with Crippen molar-refractivity contribution in [2.45, 2.75) is 63.7 Å². The number of rotatable bonds is 5. The summed E-state index contributed by atoms with van der Waals surface area (Å²) in [6.45, 7) is 5.17. The summed E-state index contributed by atoms with van der Waals surface area (Å²) < 4.78 is 16.9. The summed E-state index contributed by atoms with van der Waals surface area (Å²) in [7, 11) is 1.62. The van der Waals surface area contributed by atoms with Gasteiger partial charge in [-0.05, 0) is 56.4 Å². The minimum Gasteiger partial charge on any atom is -0.491 e. The Kier molecular flexibility index (Phi) is 5.64. The fourth-order valence-electron chi connectivity index (χ4n) is 3.79. The second-order valence-electron chi connectivity index (χ2n) is 7.26. The summed E-state index contributed by atoms with van der Waals surface area (Å²) in [4.78, 5) is 13.0. The summed E-state index contributed by atoms with van der Waals surface area (Å²) >= 11 is 0. The molecular weight excluding hydrogens is 318 g/mol. The Morgan fingerprint density at radius 3 is 2.76 bits per heavy atom. The topological polar surface area (TPSA) is 56.8 Å². The van der Waals surface area contributed by atoms with E-state index in [0.717, 1.165) is 25.0 Å². The average Bonchev–Trinajstić information content (AvgIpc) is 2.62. The molecule has 1 saturated heterocycles. The molecule has 0 bridgehead atoms. The molecule has 1 heterocycles. The van der Waals surface area contributed by atoms with E-state index in [9.17, 15) is 4.79 Å². The first-order valence-electron chi connectivity index (χ1n) is 9.27. The van der Waals surface area contributed by atoms with E-state index in [1.54, 1.807) is 7.11 Å². The maximum Gasteiger partial charge on any atom is 0.252 e. The summed E-state index contributed by atoms with van der Waals surface area (Å²) in [6, 6.07) is 6.26. The second kappa shape index (κ2) is 7.75. The van der Waals surface area contributed by atoms with Gasteiger partial charge in [0.1, 0.15) is 5.75 Å². The highest BCUT2D eigenvalue weighted by atomic mass is 16.5. The first kappa shape index (κ1) is 18.2. The van der Waals surface area contributed by atoms with Crippen LogP contribution in [0.15, 0.2) is 18.2 Å². The second-order valence-corrected chi connectivity index (χ2v) is 7.26. The van der Waals surface area contributed by atoms with Crippen molar-refractivity contribution in [3.63, 3.8) is 0 Å². The lowest BCUT2D eigenvalue weighted by atomic mass is 9.86. The molecule has 1 amide bonds. The fourth-order valence-corrected chi connectivity index (χ4v) is 3.79. The molecule has 0 saturated carbocycles. The Bertz CT molecular complexity index is 608. The van der Waals surface area contributed by atoms with Crippen LogP contribution in [0, 0.1) is 0 Å². The van der Waals surface area contributed by atoms with Gasteiger partial charge in [-0.3, -0.25) is 4.79 Å². The Morgan fingerprint density at radius 1 is 1.32 bits per heavy atom. The van der Waals surface area contributed by atoms with Crippen molar-refractivity contribution in [1.82, 2.24) is 5.32 Å². The van der Waals surface area contributed by atoms with Gasteiger partial charge in [0.05, 0.1) is 12.1 Å². The Balaban J connectivity index is 1.78. The van der Waals surface area contributed by atoms with E-state index in [1.807, 2.05) is 19.9 Å². The van der Waals surface area contributed by atoms with Crippen molar-refractivity contribution in [1.29, 1.82) is 0 Å². The molecule has 0 aromatic heterocycles. The molecule has 25 heavy (non-hydrogen) atoms. The molecule has 2 aliphatic rings. The molecule has 1 aliphatic heterocycles. The van der Waals surface area contributed by atoms with Crippen LogP contribution in [-0.2, 0) is 20.7 Å². The molecule has 1 aliphatic carbocycles. The third kappa shape index (κ3) is 3.98. The predicted molar refractivity (Wildman–Crippen MR) is 95.8 cm³/mol. The maximum atomic E-state index is 13.0. The summed E-state index contributed by atoms with van der Waals surface area (Å²) in [5.41, 5.74) is 1.71. The maximum absolute atomic E-state index is 13.0. The van der Waals surface area contributed by atoms with Crippen molar-refractivity contribution >= 4 is 5.91 Å². The highest BCUT2D eigenvalue weighted by Gasteiger charge is 2.41. The monoisotopic (exact) mass is 347 g/mol. The zero-order chi connectivity index (χ0) is 17.9. The van der Waals surface area contributed by atoms with E-state index in [2.05, 4.69) is 17.4 Å². The molecule has 5 heteroatoms. The number of carbonyl (C=O) groups is 1. The number of hydrogen-bond acceptors (Lipinski definition) is 4. The SMILES string of the molecule is COC1(C(=O)N[C@@H]2CCCc3ccc(OC(C)C)cc32)CCOCC1. The van der Waals surface area contributed by atoms with Crippen LogP contribution in [0.1, 0.15) is 56.7 Å². The van der Waals surface area contributed by atoms with Crippen molar-refractivity contribution in [3.8, 4) is 5.75 Å². The zero-order valence-electron chi connectivity index (χ0n) is 15.5. The van der Waals surface area contributed by atoms with Gasteiger partial charge >= 0.3 is 0 Å². The van der Waals surface area contributed by atoms with Gasteiger partial charge in [0, 0.05) is 33.2 Å². The van der Waals surface area contributed by atoms with E-state index in [4.69, 9.17) is 14.2 Å². The lowest BCUT2D eigenvalue weighted by Crippen LogP contribution is -2.52. The van der Waals surface area contributed by atoms with Crippen LogP contribution in [-0.4, -0.2) is 37.9 Å². The molecule has 1 atom stereocenters. The van der Waals surface area contributed by atoms with Gasteiger partial charge in [0.2, 0.25) is 0 Å². The lowest BCUT2D eigenvalue weighted by Gasteiger charge is -2.36. The van der Waals surface area contributed by atoms with Gasteiger partial charge in [-0.1, -0.05) is 6.07 Å². The van der Waals surface area contributed by atoms with Crippen LogP contribution >= 0.6 is 0 Å². The number of nitrogens with one attached hydrogen (secondary N) is 1. The fraction of sp³-hybridized carbons (Fsp3) is 0.650. The third-order valence-electron chi connectivity index (χ3n) is 5.21. The quantitative estimate of drug-likeness (QED) is 0.889. The van der Waals surface area contributed by atoms with Gasteiger partial charge in [0.15, 0.2) is 5.60 Å². The van der Waals surface area contributed by atoms with Gasteiger partial charge < -0.3 is 19.5 Å². The van der Waals surface area contributed by atoms with E-state index >= 15 is 0 Å². The van der Waals surface area contributed by atoms with E-state index in [1.165, 1.54) is 11.1 Å². The Labute approximate surface area is 150 Å². The van der Waals surface area contributed by atoms with Crippen LogP contribution in [0.25, 0.3) is 0 Å². The number of methoxy groups -OCH3 is 1. The van der Waals surface area contributed by atoms with Crippen molar-refractivity contribution in [2.24, 2.45) is 0 Å². The van der Waals surface area contributed by atoms with Crippen LogP contribution in [0.3, 0.4) is 0 Å². The lowest BCUT2D eigenvalue weighted by molar-refractivity contribution is -0.156. The smallest absolute Gasteiger partial charge is 0.252 e. The Morgan fingerprint density at radius 2 is 2.08 bits per heavy atom. The van der Waals surface area contributed by atoms with Gasteiger partial charge in [-0.15, -0.1) is 0 Å². The van der Waals surface area contributed by atoms with Crippen molar-refractivity contribution < 1.29 is 19.0 Å². The third-order valence-corrected chi connectivity index (χ3v) is 5.21. The van der Waals surface area contributed by atoms with Crippen molar-refractivity contribution in [3.05, 3.63) is 29.3 Å². The molecular formula is C20H29NO4. The van der Waals surface area contributed by atoms with Crippen molar-refractivity contribution in [2.75, 3.05) is 20.3 Å². The average molecular weight is 347 g/mol. The molecule has 3 rings (SSSR count). The highest BCUT2D eigenvalue weighted by Crippen LogP contribution is 2.34. The van der Waals surface area contributed by atoms with E-state index in [0.29, 0.717) is 26.1 Å². The molecule has 0 spiro atoms. The zero-order valence-corrected chi connectivity index (χ0v) is 15.5. The largest absolute Gasteiger partial charge is 0.491 e. The molecule has 5 nitrogen and oxygen atoms in total. The molecule has 138 valence electrons. The number of benzene rings is 1. The highest BCUT2D eigenvalue weighted by molar-refractivity contribution is 5.85. The molecule has 1 aromatic rings. The van der Waals surface area contributed by atoms with Crippen LogP contribution in [0.5, 0.6) is 5.75 Å². The van der Waals surface area contributed by atoms with Gasteiger partial charge in [0.25, 0.3) is 5.91 Å². The molecule has 1 fully saturated rings. The normalized spacial score (nSPS) is 22.3. The predicted octanol–water partition coefficient (Wildman–Crippen LogP) is 3.16.